The smallest absolute Gasteiger partial charge is 0.418 e. The normalized spacial score (nSPS) is 11.3. The number of carbonyl (C=O) groups is 1. The summed E-state index contributed by atoms with van der Waals surface area (Å²) in [4.78, 5) is 12.1. The summed E-state index contributed by atoms with van der Waals surface area (Å²) in [6, 6.07) is 9.29. The highest BCUT2D eigenvalue weighted by molar-refractivity contribution is 9.11. The van der Waals surface area contributed by atoms with Crippen molar-refractivity contribution in [2.24, 2.45) is 0 Å². The first-order valence-electron chi connectivity index (χ1n) is 5.86. The molecule has 0 atom stereocenters. The molecule has 0 saturated heterocycles. The lowest BCUT2D eigenvalue weighted by molar-refractivity contribution is -0.138. The number of hydrogen-bond donors (Lipinski definition) is 2. The molecule has 0 unspecified atom stereocenters. The number of phenols is 1. The Morgan fingerprint density at radius 3 is 2.27 bits per heavy atom. The molecule has 2 aromatic rings. The number of nitrogens with one attached hydrogen (secondary N) is 1. The fourth-order valence-corrected chi connectivity index (χ4v) is 3.33. The largest absolute Gasteiger partial charge is 0.506 e. The summed E-state index contributed by atoms with van der Waals surface area (Å²) < 4.78 is 37.8. The molecule has 0 aliphatic carbocycles. The van der Waals surface area contributed by atoms with Crippen molar-refractivity contribution >= 4 is 43.5 Å². The third-order valence-electron chi connectivity index (χ3n) is 2.75. The fraction of sp³-hybridized carbons (Fsp3) is 0.0714. The van der Waals surface area contributed by atoms with Crippen molar-refractivity contribution in [2.45, 2.75) is 6.18 Å². The number of alkyl halides is 3. The van der Waals surface area contributed by atoms with E-state index in [-0.39, 0.29) is 10.0 Å². The van der Waals surface area contributed by atoms with Gasteiger partial charge in [-0.15, -0.1) is 0 Å². The number of amides is 1. The van der Waals surface area contributed by atoms with Gasteiger partial charge in [0.05, 0.1) is 15.6 Å². The van der Waals surface area contributed by atoms with Gasteiger partial charge in [0.25, 0.3) is 5.91 Å². The van der Waals surface area contributed by atoms with E-state index in [2.05, 4.69) is 37.2 Å². The Morgan fingerprint density at radius 2 is 1.73 bits per heavy atom. The van der Waals surface area contributed by atoms with Gasteiger partial charge < -0.3 is 10.4 Å². The number of benzene rings is 2. The molecule has 0 fully saturated rings. The molecule has 0 bridgehead atoms. The highest BCUT2D eigenvalue weighted by Gasteiger charge is 2.38. The predicted molar refractivity (Wildman–Crippen MR) is 82.9 cm³/mol. The van der Waals surface area contributed by atoms with E-state index in [1.807, 2.05) is 0 Å². The third-order valence-corrected chi connectivity index (χ3v) is 4.15. The van der Waals surface area contributed by atoms with Gasteiger partial charge in [-0.3, -0.25) is 4.79 Å². The SMILES string of the molecule is O=C(Nc1ccccc1)c1cc(Br)c(C(F)(F)F)c(Br)c1O. The molecule has 2 aromatic carbocycles. The van der Waals surface area contributed by atoms with Crippen LogP contribution in [-0.2, 0) is 6.18 Å². The van der Waals surface area contributed by atoms with Gasteiger partial charge in [-0.05, 0) is 34.1 Å². The molecule has 0 aliphatic heterocycles. The second-order valence-electron chi connectivity index (χ2n) is 4.26. The molecule has 0 spiro atoms. The first-order valence-corrected chi connectivity index (χ1v) is 7.45. The number of rotatable bonds is 2. The summed E-state index contributed by atoms with van der Waals surface area (Å²) in [5, 5.41) is 12.4. The molecule has 0 aromatic heterocycles. The van der Waals surface area contributed by atoms with E-state index in [9.17, 15) is 23.1 Å². The minimum absolute atomic E-state index is 0.282. The fourth-order valence-electron chi connectivity index (χ4n) is 1.76. The zero-order valence-electron chi connectivity index (χ0n) is 10.7. The summed E-state index contributed by atoms with van der Waals surface area (Å²) in [6.07, 6.45) is -4.68. The van der Waals surface area contributed by atoms with Gasteiger partial charge in [0.15, 0.2) is 0 Å². The molecular weight excluding hydrogens is 431 g/mol. The molecule has 116 valence electrons. The Kier molecular flexibility index (Phi) is 4.81. The number of aromatic hydroxyl groups is 1. The van der Waals surface area contributed by atoms with Crippen molar-refractivity contribution in [3.05, 3.63) is 56.5 Å². The van der Waals surface area contributed by atoms with Crippen molar-refractivity contribution < 1.29 is 23.1 Å². The summed E-state index contributed by atoms with van der Waals surface area (Å²) >= 11 is 5.47. The maximum atomic E-state index is 12.9. The first-order chi connectivity index (χ1) is 10.2. The molecule has 22 heavy (non-hydrogen) atoms. The van der Waals surface area contributed by atoms with Crippen LogP contribution in [0.15, 0.2) is 45.3 Å². The Labute approximate surface area is 140 Å². The second kappa shape index (κ2) is 6.29. The van der Waals surface area contributed by atoms with E-state index in [0.29, 0.717) is 5.69 Å². The van der Waals surface area contributed by atoms with Crippen LogP contribution >= 0.6 is 31.9 Å². The van der Waals surface area contributed by atoms with Crippen LogP contribution in [0.1, 0.15) is 15.9 Å². The molecule has 3 nitrogen and oxygen atoms in total. The number of carbonyl (C=O) groups excluding carboxylic acids is 1. The van der Waals surface area contributed by atoms with E-state index in [1.165, 1.54) is 0 Å². The highest BCUT2D eigenvalue weighted by atomic mass is 79.9. The molecule has 8 heteroatoms. The van der Waals surface area contributed by atoms with Gasteiger partial charge in [0.2, 0.25) is 0 Å². The topological polar surface area (TPSA) is 49.3 Å². The van der Waals surface area contributed by atoms with Gasteiger partial charge in [-0.25, -0.2) is 0 Å². The molecule has 0 radical (unpaired) electrons. The van der Waals surface area contributed by atoms with Crippen LogP contribution in [-0.4, -0.2) is 11.0 Å². The van der Waals surface area contributed by atoms with Crippen LogP contribution in [0.2, 0.25) is 0 Å². The van der Waals surface area contributed by atoms with Crippen LogP contribution in [0.25, 0.3) is 0 Å². The van der Waals surface area contributed by atoms with Gasteiger partial charge in [0, 0.05) is 10.2 Å². The van der Waals surface area contributed by atoms with Gasteiger partial charge >= 0.3 is 6.18 Å². The zero-order chi connectivity index (χ0) is 16.5. The van der Waals surface area contributed by atoms with E-state index in [0.717, 1.165) is 6.07 Å². The first kappa shape index (κ1) is 16.8. The lowest BCUT2D eigenvalue weighted by Crippen LogP contribution is -2.14. The lowest BCUT2D eigenvalue weighted by atomic mass is 10.1. The van der Waals surface area contributed by atoms with E-state index in [1.54, 1.807) is 30.3 Å². The van der Waals surface area contributed by atoms with Gasteiger partial charge in [-0.2, -0.15) is 13.2 Å². The van der Waals surface area contributed by atoms with E-state index >= 15 is 0 Å². The zero-order valence-corrected chi connectivity index (χ0v) is 13.9. The van der Waals surface area contributed by atoms with Crippen molar-refractivity contribution in [2.75, 3.05) is 5.32 Å². The predicted octanol–water partition coefficient (Wildman–Crippen LogP) is 5.19. The van der Waals surface area contributed by atoms with E-state index < -0.39 is 27.9 Å². The van der Waals surface area contributed by atoms with Gasteiger partial charge in [0.1, 0.15) is 5.75 Å². The van der Waals surface area contributed by atoms with E-state index in [4.69, 9.17) is 0 Å². The van der Waals surface area contributed by atoms with Crippen LogP contribution in [0.5, 0.6) is 5.75 Å². The molecule has 2 N–H and O–H groups in total. The minimum Gasteiger partial charge on any atom is -0.506 e. The Bertz CT molecular complexity index is 718. The number of hydrogen-bond acceptors (Lipinski definition) is 2. The van der Waals surface area contributed by atoms with Crippen LogP contribution in [0, 0.1) is 0 Å². The number of halogens is 5. The standard InChI is InChI=1S/C14H8Br2F3NO2/c15-9-6-8(12(21)11(16)10(9)14(17,18)19)13(22)20-7-4-2-1-3-5-7/h1-6,21H,(H,20,22). The van der Waals surface area contributed by atoms with Crippen LogP contribution in [0.3, 0.4) is 0 Å². The van der Waals surface area contributed by atoms with Crippen LogP contribution in [0.4, 0.5) is 18.9 Å². The maximum absolute atomic E-state index is 12.9. The molecule has 0 heterocycles. The second-order valence-corrected chi connectivity index (χ2v) is 5.91. The molecular formula is C14H8Br2F3NO2. The average molecular weight is 439 g/mol. The average Bonchev–Trinajstić information content (AvgIpc) is 2.42. The Hall–Kier alpha value is -1.54. The summed E-state index contributed by atoms with van der Waals surface area (Å²) in [7, 11) is 0. The summed E-state index contributed by atoms with van der Waals surface area (Å²) in [6.45, 7) is 0. The monoisotopic (exact) mass is 437 g/mol. The Morgan fingerprint density at radius 1 is 1.14 bits per heavy atom. The number of phenolic OH excluding ortho intramolecular Hbond substituents is 1. The Balaban J connectivity index is 2.43. The lowest BCUT2D eigenvalue weighted by Gasteiger charge is -2.15. The quantitative estimate of drug-likeness (QED) is 0.677. The molecule has 0 saturated carbocycles. The molecule has 0 aliphatic rings. The highest BCUT2D eigenvalue weighted by Crippen LogP contribution is 2.45. The van der Waals surface area contributed by atoms with Crippen molar-refractivity contribution in [3.8, 4) is 5.75 Å². The van der Waals surface area contributed by atoms with Crippen molar-refractivity contribution in [3.63, 3.8) is 0 Å². The number of anilines is 1. The summed E-state index contributed by atoms with van der Waals surface area (Å²) in [5.41, 5.74) is -0.907. The molecule has 1 amide bonds. The van der Waals surface area contributed by atoms with Crippen molar-refractivity contribution in [1.82, 2.24) is 0 Å². The summed E-state index contributed by atoms with van der Waals surface area (Å²) in [5.74, 6) is -1.50. The van der Waals surface area contributed by atoms with Crippen LogP contribution < -0.4 is 5.32 Å². The minimum atomic E-state index is -4.68. The molecule has 2 rings (SSSR count). The van der Waals surface area contributed by atoms with Crippen molar-refractivity contribution in [1.29, 1.82) is 0 Å². The van der Waals surface area contributed by atoms with Gasteiger partial charge in [-0.1, -0.05) is 34.1 Å². The third kappa shape index (κ3) is 3.44. The number of para-hydroxylation sites is 1. The maximum Gasteiger partial charge on any atom is 0.418 e.